The summed E-state index contributed by atoms with van der Waals surface area (Å²) in [6, 6.07) is 1.33. The van der Waals surface area contributed by atoms with Crippen molar-refractivity contribution in [3.8, 4) is 0 Å². The first-order valence-electron chi connectivity index (χ1n) is 4.54. The van der Waals surface area contributed by atoms with Crippen molar-refractivity contribution in [2.24, 2.45) is 0 Å². The molecule has 2 N–H and O–H groups in total. The lowest BCUT2D eigenvalue weighted by Gasteiger charge is -2.13. The summed E-state index contributed by atoms with van der Waals surface area (Å²) in [4.78, 5) is 14.7. The number of carboxylic acids is 1. The minimum Gasteiger partial charge on any atom is -0.480 e. The molecule has 0 aromatic carbocycles. The van der Waals surface area contributed by atoms with Crippen LogP contribution in [0, 0.1) is 6.92 Å². The van der Waals surface area contributed by atoms with Gasteiger partial charge in [-0.15, -0.1) is 0 Å². The number of aliphatic carboxylic acids is 1. The molecule has 76 valence electrons. The third-order valence-corrected chi connectivity index (χ3v) is 1.92. The van der Waals surface area contributed by atoms with Crippen LogP contribution in [0.25, 0.3) is 0 Å². The molecule has 0 fully saturated rings. The predicted octanol–water partition coefficient (Wildman–Crippen LogP) is 1.67. The highest BCUT2D eigenvalue weighted by Crippen LogP contribution is 2.10. The van der Waals surface area contributed by atoms with E-state index in [0.29, 0.717) is 6.42 Å². The molecule has 1 atom stereocenters. The van der Waals surface area contributed by atoms with Crippen molar-refractivity contribution in [2.45, 2.75) is 26.3 Å². The smallest absolute Gasteiger partial charge is 0.326 e. The Morgan fingerprint density at radius 1 is 1.64 bits per heavy atom. The first-order valence-corrected chi connectivity index (χ1v) is 4.54. The molecule has 1 rings (SSSR count). The van der Waals surface area contributed by atoms with E-state index in [0.717, 1.165) is 11.3 Å². The SMILES string of the molecule is CCC(Nc1cncc(C)c1)C(=O)O. The molecule has 0 aliphatic heterocycles. The Bertz CT molecular complexity index is 326. The molecular weight excluding hydrogens is 180 g/mol. The van der Waals surface area contributed by atoms with E-state index in [1.54, 1.807) is 12.4 Å². The number of carbonyl (C=O) groups is 1. The van der Waals surface area contributed by atoms with Crippen LogP contribution in [-0.2, 0) is 4.79 Å². The predicted molar refractivity (Wildman–Crippen MR) is 54.3 cm³/mol. The highest BCUT2D eigenvalue weighted by atomic mass is 16.4. The fraction of sp³-hybridized carbons (Fsp3) is 0.400. The minimum atomic E-state index is -0.839. The number of nitrogens with zero attached hydrogens (tertiary/aromatic N) is 1. The van der Waals surface area contributed by atoms with Crippen molar-refractivity contribution in [3.63, 3.8) is 0 Å². The third kappa shape index (κ3) is 2.73. The average Bonchev–Trinajstić information content (AvgIpc) is 2.14. The summed E-state index contributed by atoms with van der Waals surface area (Å²) in [5.41, 5.74) is 1.76. The monoisotopic (exact) mass is 194 g/mol. The molecule has 4 nitrogen and oxygen atoms in total. The molecule has 0 bridgehead atoms. The Kier molecular flexibility index (Phi) is 3.45. The van der Waals surface area contributed by atoms with E-state index in [9.17, 15) is 4.79 Å². The van der Waals surface area contributed by atoms with Gasteiger partial charge in [0.25, 0.3) is 0 Å². The molecule has 1 aromatic rings. The minimum absolute atomic E-state index is 0.543. The number of aromatic nitrogens is 1. The Balaban J connectivity index is 2.72. The van der Waals surface area contributed by atoms with Crippen molar-refractivity contribution < 1.29 is 9.90 Å². The Hall–Kier alpha value is -1.58. The Morgan fingerprint density at radius 2 is 2.36 bits per heavy atom. The van der Waals surface area contributed by atoms with Crippen LogP contribution < -0.4 is 5.32 Å². The fourth-order valence-corrected chi connectivity index (χ4v) is 1.17. The summed E-state index contributed by atoms with van der Waals surface area (Å²) in [5.74, 6) is -0.839. The van der Waals surface area contributed by atoms with Gasteiger partial charge in [-0.05, 0) is 25.0 Å². The molecule has 1 unspecified atom stereocenters. The zero-order valence-corrected chi connectivity index (χ0v) is 8.32. The number of hydrogen-bond donors (Lipinski definition) is 2. The van der Waals surface area contributed by atoms with Gasteiger partial charge in [0.05, 0.1) is 5.69 Å². The van der Waals surface area contributed by atoms with Gasteiger partial charge in [0.15, 0.2) is 0 Å². The lowest BCUT2D eigenvalue weighted by Crippen LogP contribution is -2.28. The number of anilines is 1. The quantitative estimate of drug-likeness (QED) is 0.765. The van der Waals surface area contributed by atoms with Gasteiger partial charge < -0.3 is 10.4 Å². The van der Waals surface area contributed by atoms with Crippen LogP contribution >= 0.6 is 0 Å². The number of aryl methyl sites for hydroxylation is 1. The summed E-state index contributed by atoms with van der Waals surface area (Å²) >= 11 is 0. The third-order valence-electron chi connectivity index (χ3n) is 1.92. The molecule has 1 heterocycles. The van der Waals surface area contributed by atoms with E-state index in [1.807, 2.05) is 19.9 Å². The van der Waals surface area contributed by atoms with Gasteiger partial charge in [-0.3, -0.25) is 4.98 Å². The average molecular weight is 194 g/mol. The molecule has 4 heteroatoms. The van der Waals surface area contributed by atoms with Crippen LogP contribution in [0.1, 0.15) is 18.9 Å². The van der Waals surface area contributed by atoms with E-state index in [4.69, 9.17) is 5.11 Å². The van der Waals surface area contributed by atoms with E-state index in [2.05, 4.69) is 10.3 Å². The molecule has 0 saturated carbocycles. The number of carboxylic acid groups (broad SMARTS) is 1. The zero-order valence-electron chi connectivity index (χ0n) is 8.32. The summed E-state index contributed by atoms with van der Waals surface area (Å²) in [6.07, 6.45) is 3.90. The molecule has 0 aliphatic rings. The van der Waals surface area contributed by atoms with Crippen LogP contribution in [0.15, 0.2) is 18.5 Å². The van der Waals surface area contributed by atoms with Crippen LogP contribution in [0.5, 0.6) is 0 Å². The second-order valence-electron chi connectivity index (χ2n) is 3.19. The van der Waals surface area contributed by atoms with E-state index >= 15 is 0 Å². The number of pyridine rings is 1. The second kappa shape index (κ2) is 4.60. The highest BCUT2D eigenvalue weighted by Gasteiger charge is 2.13. The van der Waals surface area contributed by atoms with Crippen LogP contribution in [-0.4, -0.2) is 22.1 Å². The van der Waals surface area contributed by atoms with E-state index < -0.39 is 12.0 Å². The van der Waals surface area contributed by atoms with Crippen molar-refractivity contribution >= 4 is 11.7 Å². The summed E-state index contributed by atoms with van der Waals surface area (Å²) in [5, 5.41) is 11.7. The Labute approximate surface area is 83.0 Å². The van der Waals surface area contributed by atoms with Crippen molar-refractivity contribution in [1.29, 1.82) is 0 Å². The van der Waals surface area contributed by atoms with Gasteiger partial charge in [-0.25, -0.2) is 4.79 Å². The first kappa shape index (κ1) is 10.5. The molecule has 14 heavy (non-hydrogen) atoms. The van der Waals surface area contributed by atoms with Crippen LogP contribution in [0.2, 0.25) is 0 Å². The molecule has 0 amide bonds. The number of rotatable bonds is 4. The van der Waals surface area contributed by atoms with E-state index in [1.165, 1.54) is 0 Å². The van der Waals surface area contributed by atoms with Gasteiger partial charge >= 0.3 is 5.97 Å². The number of hydrogen-bond acceptors (Lipinski definition) is 3. The molecule has 0 aliphatic carbocycles. The summed E-state index contributed by atoms with van der Waals surface area (Å²) < 4.78 is 0. The van der Waals surface area contributed by atoms with Crippen molar-refractivity contribution in [1.82, 2.24) is 4.98 Å². The van der Waals surface area contributed by atoms with Gasteiger partial charge in [0, 0.05) is 12.4 Å². The fourth-order valence-electron chi connectivity index (χ4n) is 1.17. The van der Waals surface area contributed by atoms with Crippen LogP contribution in [0.4, 0.5) is 5.69 Å². The standard InChI is InChI=1S/C10H14N2O2/c1-3-9(10(13)14)12-8-4-7(2)5-11-6-8/h4-6,9,12H,3H2,1-2H3,(H,13,14). The maximum Gasteiger partial charge on any atom is 0.326 e. The Morgan fingerprint density at radius 3 is 2.86 bits per heavy atom. The lowest BCUT2D eigenvalue weighted by molar-refractivity contribution is -0.137. The first-order chi connectivity index (χ1) is 6.63. The topological polar surface area (TPSA) is 62.2 Å². The largest absolute Gasteiger partial charge is 0.480 e. The molecule has 0 spiro atoms. The second-order valence-corrected chi connectivity index (χ2v) is 3.19. The lowest BCUT2D eigenvalue weighted by atomic mass is 10.2. The normalized spacial score (nSPS) is 12.1. The molecule has 1 aromatic heterocycles. The van der Waals surface area contributed by atoms with Gasteiger partial charge in [0.1, 0.15) is 6.04 Å². The molecular formula is C10H14N2O2. The highest BCUT2D eigenvalue weighted by molar-refractivity contribution is 5.77. The zero-order chi connectivity index (χ0) is 10.6. The number of nitrogens with one attached hydrogen (secondary N) is 1. The van der Waals surface area contributed by atoms with E-state index in [-0.39, 0.29) is 0 Å². The van der Waals surface area contributed by atoms with Gasteiger partial charge in [-0.1, -0.05) is 6.92 Å². The maximum absolute atomic E-state index is 10.7. The van der Waals surface area contributed by atoms with Crippen LogP contribution in [0.3, 0.4) is 0 Å². The van der Waals surface area contributed by atoms with Crippen molar-refractivity contribution in [2.75, 3.05) is 5.32 Å². The van der Waals surface area contributed by atoms with Crippen molar-refractivity contribution in [3.05, 3.63) is 24.0 Å². The molecule has 0 saturated heterocycles. The van der Waals surface area contributed by atoms with Gasteiger partial charge in [0.2, 0.25) is 0 Å². The summed E-state index contributed by atoms with van der Waals surface area (Å²) in [6.45, 7) is 3.74. The maximum atomic E-state index is 10.7. The molecule has 0 radical (unpaired) electrons. The van der Waals surface area contributed by atoms with Gasteiger partial charge in [-0.2, -0.15) is 0 Å². The summed E-state index contributed by atoms with van der Waals surface area (Å²) in [7, 11) is 0.